The van der Waals surface area contributed by atoms with Crippen LogP contribution in [0.1, 0.15) is 35.7 Å². The number of halogens is 1. The summed E-state index contributed by atoms with van der Waals surface area (Å²) in [5, 5.41) is 3.50. The van der Waals surface area contributed by atoms with Crippen molar-refractivity contribution >= 4 is 27.8 Å². The highest BCUT2D eigenvalue weighted by Crippen LogP contribution is 2.08. The van der Waals surface area contributed by atoms with Gasteiger partial charge in [-0.05, 0) is 31.0 Å². The molecule has 0 aliphatic rings. The molecule has 4 nitrogen and oxygen atoms in total. The van der Waals surface area contributed by atoms with Crippen LogP contribution >= 0.6 is 15.9 Å². The van der Waals surface area contributed by atoms with E-state index in [4.69, 9.17) is 4.74 Å². The van der Waals surface area contributed by atoms with Crippen molar-refractivity contribution in [3.8, 4) is 0 Å². The van der Waals surface area contributed by atoms with Gasteiger partial charge in [-0.25, -0.2) is 0 Å². The summed E-state index contributed by atoms with van der Waals surface area (Å²) in [5.41, 5.74) is 1.69. The molecule has 0 heterocycles. The Labute approximate surface area is 121 Å². The lowest BCUT2D eigenvalue weighted by Gasteiger charge is -2.06. The van der Waals surface area contributed by atoms with Gasteiger partial charge >= 0.3 is 5.97 Å². The van der Waals surface area contributed by atoms with E-state index < -0.39 is 0 Å². The lowest BCUT2D eigenvalue weighted by atomic mass is 10.1. The van der Waals surface area contributed by atoms with Gasteiger partial charge in [0.1, 0.15) is 0 Å². The summed E-state index contributed by atoms with van der Waals surface area (Å²) in [6, 6.07) is 7.42. The largest absolute Gasteiger partial charge is 0.466 e. The number of hydrogen-bond acceptors (Lipinski definition) is 3. The molecule has 0 aliphatic heterocycles. The Bertz CT molecular complexity index is 434. The Hall–Kier alpha value is -1.36. The van der Waals surface area contributed by atoms with Crippen molar-refractivity contribution in [1.29, 1.82) is 0 Å². The maximum Gasteiger partial charge on any atom is 0.305 e. The van der Waals surface area contributed by atoms with Gasteiger partial charge in [0.2, 0.25) is 0 Å². The summed E-state index contributed by atoms with van der Waals surface area (Å²) in [5.74, 6) is -0.343. The van der Waals surface area contributed by atoms with E-state index in [9.17, 15) is 9.59 Å². The SMILES string of the molecule is CCOC(=O)CCCNC(=O)c1cccc(CBr)c1. The van der Waals surface area contributed by atoms with E-state index >= 15 is 0 Å². The van der Waals surface area contributed by atoms with Crippen LogP contribution in [0.5, 0.6) is 0 Å². The van der Waals surface area contributed by atoms with Crippen LogP contribution in [0.4, 0.5) is 0 Å². The van der Waals surface area contributed by atoms with Gasteiger partial charge in [0, 0.05) is 23.9 Å². The molecule has 1 N–H and O–H groups in total. The van der Waals surface area contributed by atoms with E-state index in [-0.39, 0.29) is 11.9 Å². The van der Waals surface area contributed by atoms with Gasteiger partial charge in [0.05, 0.1) is 6.61 Å². The first-order valence-corrected chi connectivity index (χ1v) is 7.38. The Kier molecular flexibility index (Phi) is 7.18. The fourth-order valence-electron chi connectivity index (χ4n) is 1.57. The molecule has 1 rings (SSSR count). The first-order valence-electron chi connectivity index (χ1n) is 6.26. The molecule has 0 fully saturated rings. The van der Waals surface area contributed by atoms with E-state index in [1.165, 1.54) is 0 Å². The van der Waals surface area contributed by atoms with Crippen LogP contribution < -0.4 is 5.32 Å². The molecule has 0 bridgehead atoms. The zero-order valence-corrected chi connectivity index (χ0v) is 12.5. The molecule has 104 valence electrons. The average molecular weight is 328 g/mol. The predicted octanol–water partition coefficient (Wildman–Crippen LogP) is 2.65. The van der Waals surface area contributed by atoms with E-state index in [0.29, 0.717) is 31.6 Å². The average Bonchev–Trinajstić information content (AvgIpc) is 2.43. The number of carbonyl (C=O) groups is 2. The predicted molar refractivity (Wildman–Crippen MR) is 77.3 cm³/mol. The standard InChI is InChI=1S/C14H18BrNO3/c1-2-19-13(17)7-4-8-16-14(18)12-6-3-5-11(9-12)10-15/h3,5-6,9H,2,4,7-8,10H2,1H3,(H,16,18). The molecule has 1 aromatic carbocycles. The molecule has 0 aliphatic carbocycles. The second-order valence-corrected chi connectivity index (χ2v) is 4.56. The summed E-state index contributed by atoms with van der Waals surface area (Å²) in [6.07, 6.45) is 0.915. The Morgan fingerprint density at radius 1 is 1.37 bits per heavy atom. The Morgan fingerprint density at radius 2 is 2.16 bits per heavy atom. The van der Waals surface area contributed by atoms with Crippen LogP contribution in [0.15, 0.2) is 24.3 Å². The van der Waals surface area contributed by atoms with Crippen molar-refractivity contribution in [2.24, 2.45) is 0 Å². The second kappa shape index (κ2) is 8.69. The fourth-order valence-corrected chi connectivity index (χ4v) is 1.91. The van der Waals surface area contributed by atoms with Gasteiger partial charge in [-0.3, -0.25) is 9.59 Å². The maximum absolute atomic E-state index is 11.8. The molecule has 19 heavy (non-hydrogen) atoms. The highest BCUT2D eigenvalue weighted by Gasteiger charge is 2.06. The minimum Gasteiger partial charge on any atom is -0.466 e. The third-order valence-corrected chi connectivity index (χ3v) is 3.14. The van der Waals surface area contributed by atoms with E-state index in [1.807, 2.05) is 18.2 Å². The molecular formula is C14H18BrNO3. The molecule has 1 aromatic rings. The lowest BCUT2D eigenvalue weighted by Crippen LogP contribution is -2.25. The van der Waals surface area contributed by atoms with Gasteiger partial charge in [-0.15, -0.1) is 0 Å². The van der Waals surface area contributed by atoms with Crippen LogP contribution in [-0.4, -0.2) is 25.0 Å². The lowest BCUT2D eigenvalue weighted by molar-refractivity contribution is -0.143. The molecular weight excluding hydrogens is 310 g/mol. The van der Waals surface area contributed by atoms with Crippen LogP contribution in [-0.2, 0) is 14.9 Å². The third-order valence-electron chi connectivity index (χ3n) is 2.49. The summed E-state index contributed by atoms with van der Waals surface area (Å²) in [6.45, 7) is 2.64. The summed E-state index contributed by atoms with van der Waals surface area (Å²) in [4.78, 5) is 22.9. The quantitative estimate of drug-likeness (QED) is 0.476. The zero-order chi connectivity index (χ0) is 14.1. The van der Waals surface area contributed by atoms with E-state index in [1.54, 1.807) is 13.0 Å². The topological polar surface area (TPSA) is 55.4 Å². The van der Waals surface area contributed by atoms with Crippen LogP contribution in [0.2, 0.25) is 0 Å². The molecule has 1 amide bonds. The van der Waals surface area contributed by atoms with Gasteiger partial charge in [-0.2, -0.15) is 0 Å². The van der Waals surface area contributed by atoms with Gasteiger partial charge in [0.25, 0.3) is 5.91 Å². The van der Waals surface area contributed by atoms with Crippen molar-refractivity contribution in [2.45, 2.75) is 25.1 Å². The molecule has 0 aromatic heterocycles. The number of esters is 1. The molecule has 0 unspecified atom stereocenters. The maximum atomic E-state index is 11.8. The van der Waals surface area contributed by atoms with Crippen molar-refractivity contribution in [3.05, 3.63) is 35.4 Å². The number of alkyl halides is 1. The van der Waals surface area contributed by atoms with Crippen molar-refractivity contribution in [3.63, 3.8) is 0 Å². The molecule has 0 saturated heterocycles. The minimum absolute atomic E-state index is 0.119. The zero-order valence-electron chi connectivity index (χ0n) is 10.9. The minimum atomic E-state index is -0.224. The normalized spacial score (nSPS) is 10.0. The Morgan fingerprint density at radius 3 is 2.84 bits per heavy atom. The highest BCUT2D eigenvalue weighted by atomic mass is 79.9. The first-order chi connectivity index (χ1) is 9.17. The van der Waals surface area contributed by atoms with Crippen molar-refractivity contribution in [2.75, 3.05) is 13.2 Å². The van der Waals surface area contributed by atoms with Crippen molar-refractivity contribution < 1.29 is 14.3 Å². The number of hydrogen-bond donors (Lipinski definition) is 1. The molecule has 5 heteroatoms. The van der Waals surface area contributed by atoms with Gasteiger partial charge in [0.15, 0.2) is 0 Å². The first kappa shape index (κ1) is 15.7. The smallest absolute Gasteiger partial charge is 0.305 e. The molecule has 0 saturated carbocycles. The van der Waals surface area contributed by atoms with Crippen molar-refractivity contribution in [1.82, 2.24) is 5.32 Å². The highest BCUT2D eigenvalue weighted by molar-refractivity contribution is 9.08. The monoisotopic (exact) mass is 327 g/mol. The number of ether oxygens (including phenoxy) is 1. The molecule has 0 radical (unpaired) electrons. The van der Waals surface area contributed by atoms with Gasteiger partial charge < -0.3 is 10.1 Å². The number of nitrogens with one attached hydrogen (secondary N) is 1. The summed E-state index contributed by atoms with van der Waals surface area (Å²) < 4.78 is 4.81. The Balaban J connectivity index is 2.33. The third kappa shape index (κ3) is 5.87. The second-order valence-electron chi connectivity index (χ2n) is 4.00. The van der Waals surface area contributed by atoms with Crippen LogP contribution in [0.3, 0.4) is 0 Å². The number of rotatable bonds is 7. The fraction of sp³-hybridized carbons (Fsp3) is 0.429. The van der Waals surface area contributed by atoms with Gasteiger partial charge in [-0.1, -0.05) is 28.1 Å². The van der Waals surface area contributed by atoms with Crippen LogP contribution in [0.25, 0.3) is 0 Å². The van der Waals surface area contributed by atoms with E-state index in [2.05, 4.69) is 21.2 Å². The number of amides is 1. The summed E-state index contributed by atoms with van der Waals surface area (Å²) in [7, 11) is 0. The molecule has 0 atom stereocenters. The summed E-state index contributed by atoms with van der Waals surface area (Å²) >= 11 is 3.35. The van der Waals surface area contributed by atoms with Crippen LogP contribution in [0, 0.1) is 0 Å². The number of benzene rings is 1. The van der Waals surface area contributed by atoms with E-state index in [0.717, 1.165) is 10.9 Å². The molecule has 0 spiro atoms. The number of carbonyl (C=O) groups excluding carboxylic acids is 2.